The minimum Gasteiger partial charge on any atom is -0.458 e. The normalized spacial score (nSPS) is 38.2. The number of ether oxygens (including phenoxy) is 1. The fourth-order valence-electron chi connectivity index (χ4n) is 2.28. The summed E-state index contributed by atoms with van der Waals surface area (Å²) >= 11 is 0. The van der Waals surface area contributed by atoms with E-state index in [4.69, 9.17) is 4.74 Å². The van der Waals surface area contributed by atoms with E-state index < -0.39 is 0 Å². The van der Waals surface area contributed by atoms with Crippen molar-refractivity contribution in [1.82, 2.24) is 0 Å². The molecule has 2 nitrogen and oxygen atoms in total. The Hall–Kier alpha value is -0.790. The van der Waals surface area contributed by atoms with Gasteiger partial charge in [0.25, 0.3) is 0 Å². The molecule has 2 heteroatoms. The minimum absolute atomic E-state index is 0.0706. The van der Waals surface area contributed by atoms with Gasteiger partial charge in [0.1, 0.15) is 6.10 Å². The Morgan fingerprint density at radius 2 is 2.25 bits per heavy atom. The van der Waals surface area contributed by atoms with E-state index in [1.165, 1.54) is 26.2 Å². The third-order valence-corrected chi connectivity index (χ3v) is 2.85. The summed E-state index contributed by atoms with van der Waals surface area (Å²) in [5.41, 5.74) is 0. The van der Waals surface area contributed by atoms with E-state index in [0.717, 1.165) is 5.92 Å². The van der Waals surface area contributed by atoms with Gasteiger partial charge in [-0.05, 0) is 31.3 Å². The van der Waals surface area contributed by atoms with Gasteiger partial charge in [0.15, 0.2) is 0 Å². The van der Waals surface area contributed by atoms with E-state index in [0.29, 0.717) is 5.92 Å². The Kier molecular flexibility index (Phi) is 1.91. The molecule has 0 aromatic carbocycles. The Labute approximate surface area is 72.6 Å². The van der Waals surface area contributed by atoms with Crippen LogP contribution in [-0.4, -0.2) is 12.1 Å². The van der Waals surface area contributed by atoms with Crippen LogP contribution in [0.3, 0.4) is 0 Å². The first kappa shape index (κ1) is 7.84. The predicted octanol–water partition coefficient (Wildman–Crippen LogP) is 1.90. The van der Waals surface area contributed by atoms with Crippen LogP contribution in [0.1, 0.15) is 26.2 Å². The summed E-state index contributed by atoms with van der Waals surface area (Å²) in [6.45, 7) is 1.48. The summed E-state index contributed by atoms with van der Waals surface area (Å²) in [5.74, 6) is 1.21. The summed E-state index contributed by atoms with van der Waals surface area (Å²) in [6.07, 6.45) is 8.05. The molecule has 2 aliphatic carbocycles. The molecule has 0 saturated heterocycles. The summed E-state index contributed by atoms with van der Waals surface area (Å²) in [5, 5.41) is 0. The zero-order valence-electron chi connectivity index (χ0n) is 7.32. The Balaban J connectivity index is 2.02. The molecule has 0 N–H and O–H groups in total. The Morgan fingerprint density at radius 3 is 3.00 bits per heavy atom. The van der Waals surface area contributed by atoms with Crippen molar-refractivity contribution in [3.05, 3.63) is 12.2 Å². The van der Waals surface area contributed by atoms with E-state index >= 15 is 0 Å². The van der Waals surface area contributed by atoms with Crippen molar-refractivity contribution < 1.29 is 9.53 Å². The molecule has 0 unspecified atom stereocenters. The monoisotopic (exact) mass is 166 g/mol. The second-order valence-corrected chi connectivity index (χ2v) is 3.79. The number of rotatable bonds is 1. The Bertz CT molecular complexity index is 220. The van der Waals surface area contributed by atoms with E-state index in [2.05, 4.69) is 12.2 Å². The first-order chi connectivity index (χ1) is 5.75. The third-order valence-electron chi connectivity index (χ3n) is 2.85. The summed E-state index contributed by atoms with van der Waals surface area (Å²) in [4.78, 5) is 10.7. The van der Waals surface area contributed by atoms with Crippen LogP contribution in [0.2, 0.25) is 0 Å². The van der Waals surface area contributed by atoms with Crippen LogP contribution in [0.5, 0.6) is 0 Å². The molecule has 0 aromatic rings. The van der Waals surface area contributed by atoms with Crippen LogP contribution >= 0.6 is 0 Å². The highest BCUT2D eigenvalue weighted by Gasteiger charge is 2.33. The van der Waals surface area contributed by atoms with E-state index in [1.807, 2.05) is 0 Å². The molecule has 0 aromatic heterocycles. The molecular weight excluding hydrogens is 152 g/mol. The van der Waals surface area contributed by atoms with Crippen LogP contribution in [0.4, 0.5) is 0 Å². The van der Waals surface area contributed by atoms with E-state index in [1.54, 1.807) is 0 Å². The van der Waals surface area contributed by atoms with Crippen molar-refractivity contribution in [1.29, 1.82) is 0 Å². The lowest BCUT2D eigenvalue weighted by Gasteiger charge is -2.23. The van der Waals surface area contributed by atoms with Crippen molar-refractivity contribution in [2.75, 3.05) is 0 Å². The second kappa shape index (κ2) is 2.92. The molecule has 1 fully saturated rings. The van der Waals surface area contributed by atoms with E-state index in [9.17, 15) is 4.79 Å². The van der Waals surface area contributed by atoms with E-state index in [-0.39, 0.29) is 12.1 Å². The number of hydrogen-bond donors (Lipinski definition) is 0. The smallest absolute Gasteiger partial charge is 0.303 e. The van der Waals surface area contributed by atoms with Gasteiger partial charge in [-0.1, -0.05) is 6.08 Å². The highest BCUT2D eigenvalue weighted by atomic mass is 16.5. The largest absolute Gasteiger partial charge is 0.458 e. The average molecular weight is 166 g/mol. The number of esters is 1. The molecule has 3 atom stereocenters. The lowest BCUT2D eigenvalue weighted by molar-refractivity contribution is -0.146. The Morgan fingerprint density at radius 1 is 1.42 bits per heavy atom. The number of carbonyl (C=O) groups is 1. The fraction of sp³-hybridized carbons (Fsp3) is 0.700. The second-order valence-electron chi connectivity index (χ2n) is 3.79. The standard InChI is InChI=1S/C10H14O2/c1-7(11)12-10-5-3-8-2-4-9(10)6-8/h3,5,8-10H,2,4,6H2,1H3/t8-,9-,10+/m1/s1. The van der Waals surface area contributed by atoms with Gasteiger partial charge in [-0.3, -0.25) is 4.79 Å². The molecule has 1 saturated carbocycles. The van der Waals surface area contributed by atoms with Gasteiger partial charge >= 0.3 is 5.97 Å². The van der Waals surface area contributed by atoms with Crippen molar-refractivity contribution >= 4 is 5.97 Å². The first-order valence-electron chi connectivity index (χ1n) is 4.61. The van der Waals surface area contributed by atoms with Gasteiger partial charge in [0.05, 0.1) is 0 Å². The molecule has 0 heterocycles. The molecule has 2 rings (SSSR count). The van der Waals surface area contributed by atoms with Crippen LogP contribution in [-0.2, 0) is 9.53 Å². The molecule has 0 spiro atoms. The summed E-state index contributed by atoms with van der Waals surface area (Å²) in [6, 6.07) is 0. The highest BCUT2D eigenvalue weighted by Crippen LogP contribution is 2.39. The van der Waals surface area contributed by atoms with Crippen LogP contribution < -0.4 is 0 Å². The lowest BCUT2D eigenvalue weighted by Crippen LogP contribution is -2.24. The van der Waals surface area contributed by atoms with Gasteiger partial charge < -0.3 is 4.74 Å². The van der Waals surface area contributed by atoms with Crippen LogP contribution in [0, 0.1) is 11.8 Å². The summed E-state index contributed by atoms with van der Waals surface area (Å²) < 4.78 is 5.20. The molecule has 2 bridgehead atoms. The zero-order chi connectivity index (χ0) is 8.55. The van der Waals surface area contributed by atoms with Crippen molar-refractivity contribution in [2.24, 2.45) is 11.8 Å². The van der Waals surface area contributed by atoms with Gasteiger partial charge in [-0.2, -0.15) is 0 Å². The number of allylic oxidation sites excluding steroid dienone is 1. The van der Waals surface area contributed by atoms with Crippen LogP contribution in [0.25, 0.3) is 0 Å². The van der Waals surface area contributed by atoms with Crippen molar-refractivity contribution in [3.8, 4) is 0 Å². The maximum atomic E-state index is 10.7. The van der Waals surface area contributed by atoms with Crippen LogP contribution in [0.15, 0.2) is 12.2 Å². The molecule has 0 aliphatic heterocycles. The minimum atomic E-state index is -0.157. The van der Waals surface area contributed by atoms with Gasteiger partial charge in [-0.25, -0.2) is 0 Å². The number of hydrogen-bond acceptors (Lipinski definition) is 2. The number of fused-ring (bicyclic) bond motifs is 2. The van der Waals surface area contributed by atoms with Crippen molar-refractivity contribution in [3.63, 3.8) is 0 Å². The van der Waals surface area contributed by atoms with Crippen molar-refractivity contribution in [2.45, 2.75) is 32.3 Å². The first-order valence-corrected chi connectivity index (χ1v) is 4.61. The third kappa shape index (κ3) is 1.38. The van der Waals surface area contributed by atoms with Gasteiger partial charge in [0, 0.05) is 12.8 Å². The van der Waals surface area contributed by atoms with Gasteiger partial charge in [-0.15, -0.1) is 0 Å². The molecule has 0 amide bonds. The summed E-state index contributed by atoms with van der Waals surface area (Å²) in [7, 11) is 0. The topological polar surface area (TPSA) is 26.3 Å². The quantitative estimate of drug-likeness (QED) is 0.439. The zero-order valence-corrected chi connectivity index (χ0v) is 7.32. The molecular formula is C10H14O2. The molecule has 66 valence electrons. The molecule has 12 heavy (non-hydrogen) atoms. The predicted molar refractivity (Wildman–Crippen MR) is 45.5 cm³/mol. The maximum absolute atomic E-state index is 10.7. The molecule has 0 radical (unpaired) electrons. The number of carbonyl (C=O) groups excluding carboxylic acids is 1. The SMILES string of the molecule is CC(=O)O[C@H]1C=C[C@H]2CC[C@@H]1C2. The highest BCUT2D eigenvalue weighted by molar-refractivity contribution is 5.66. The fourth-order valence-corrected chi connectivity index (χ4v) is 2.28. The maximum Gasteiger partial charge on any atom is 0.303 e. The van der Waals surface area contributed by atoms with Gasteiger partial charge in [0.2, 0.25) is 0 Å². The lowest BCUT2D eigenvalue weighted by atomic mass is 9.93. The average Bonchev–Trinajstić information content (AvgIpc) is 2.39. The molecule has 2 aliphatic rings.